The molecule has 0 aliphatic heterocycles. The van der Waals surface area contributed by atoms with E-state index in [1.54, 1.807) is 0 Å². The minimum Gasteiger partial charge on any atom is -0.495 e. The number of benzene rings is 2. The van der Waals surface area contributed by atoms with Crippen molar-refractivity contribution in [2.24, 2.45) is 0 Å². The Bertz CT molecular complexity index is 1100. The molecule has 2 atom stereocenters. The SMILES string of the molecule is COc1ccc(F)cc1S(=O)(=O)NC1CCCCC1NS(=O)(=O)c1cc(F)ccc1OC. The summed E-state index contributed by atoms with van der Waals surface area (Å²) in [6.07, 6.45) is 2.03. The van der Waals surface area contributed by atoms with E-state index in [9.17, 15) is 25.6 Å². The molecule has 2 aromatic rings. The molecule has 2 aromatic carbocycles. The van der Waals surface area contributed by atoms with Gasteiger partial charge < -0.3 is 9.47 Å². The molecular weight excluding hydrogens is 466 g/mol. The van der Waals surface area contributed by atoms with Crippen LogP contribution < -0.4 is 18.9 Å². The Balaban J connectivity index is 1.89. The molecule has 8 nitrogen and oxygen atoms in total. The molecule has 12 heteroatoms. The third kappa shape index (κ3) is 5.37. The number of ether oxygens (including phenoxy) is 2. The average molecular weight is 491 g/mol. The van der Waals surface area contributed by atoms with Crippen LogP contribution in [0.4, 0.5) is 8.78 Å². The first kappa shape index (κ1) is 24.4. The standard InChI is InChI=1S/C20H24F2N2O6S2/c1-29-17-9-7-13(21)11-19(17)31(25,26)23-15-5-3-4-6-16(15)24-32(27,28)20-12-14(22)8-10-18(20)30-2/h7-12,15-16,23-24H,3-6H2,1-2H3. The second kappa shape index (κ2) is 9.69. The van der Waals surface area contributed by atoms with Crippen LogP contribution in [0.15, 0.2) is 46.2 Å². The van der Waals surface area contributed by atoms with E-state index in [0.29, 0.717) is 25.7 Å². The summed E-state index contributed by atoms with van der Waals surface area (Å²) >= 11 is 0. The summed E-state index contributed by atoms with van der Waals surface area (Å²) in [6, 6.07) is 4.58. The van der Waals surface area contributed by atoms with Gasteiger partial charge in [-0.3, -0.25) is 0 Å². The van der Waals surface area contributed by atoms with Gasteiger partial charge in [-0.15, -0.1) is 0 Å². The fourth-order valence-corrected chi connectivity index (χ4v) is 6.64. The quantitative estimate of drug-likeness (QED) is 0.589. The van der Waals surface area contributed by atoms with Gasteiger partial charge in [-0.05, 0) is 49.2 Å². The maximum absolute atomic E-state index is 13.7. The van der Waals surface area contributed by atoms with Crippen molar-refractivity contribution in [3.8, 4) is 11.5 Å². The van der Waals surface area contributed by atoms with Crippen molar-refractivity contribution in [1.29, 1.82) is 0 Å². The van der Waals surface area contributed by atoms with Gasteiger partial charge in [0.05, 0.1) is 14.2 Å². The van der Waals surface area contributed by atoms with Crippen molar-refractivity contribution in [1.82, 2.24) is 9.44 Å². The van der Waals surface area contributed by atoms with Gasteiger partial charge in [-0.1, -0.05) is 12.8 Å². The van der Waals surface area contributed by atoms with E-state index < -0.39 is 43.8 Å². The number of halogens is 2. The van der Waals surface area contributed by atoms with E-state index in [2.05, 4.69) is 9.44 Å². The van der Waals surface area contributed by atoms with Crippen molar-refractivity contribution in [3.05, 3.63) is 48.0 Å². The lowest BCUT2D eigenvalue weighted by Gasteiger charge is -2.32. The molecule has 2 N–H and O–H groups in total. The van der Waals surface area contributed by atoms with Crippen LogP contribution in [0.1, 0.15) is 25.7 Å². The molecule has 1 aliphatic rings. The van der Waals surface area contributed by atoms with Crippen molar-refractivity contribution in [3.63, 3.8) is 0 Å². The topological polar surface area (TPSA) is 111 Å². The Hall–Kier alpha value is -2.28. The zero-order chi connectivity index (χ0) is 23.5. The van der Waals surface area contributed by atoms with E-state index >= 15 is 0 Å². The number of nitrogens with one attached hydrogen (secondary N) is 2. The van der Waals surface area contributed by atoms with Gasteiger partial charge in [0.25, 0.3) is 0 Å². The van der Waals surface area contributed by atoms with Crippen LogP contribution in [0, 0.1) is 11.6 Å². The Labute approximate surface area is 186 Å². The van der Waals surface area contributed by atoms with Crippen LogP contribution in [-0.2, 0) is 20.0 Å². The first-order valence-corrected chi connectivity index (χ1v) is 12.8. The highest BCUT2D eigenvalue weighted by atomic mass is 32.2. The monoisotopic (exact) mass is 490 g/mol. The lowest BCUT2D eigenvalue weighted by molar-refractivity contribution is 0.338. The number of methoxy groups -OCH3 is 2. The zero-order valence-corrected chi connectivity index (χ0v) is 19.1. The van der Waals surface area contributed by atoms with E-state index in [4.69, 9.17) is 9.47 Å². The molecule has 0 aromatic heterocycles. The molecule has 1 aliphatic carbocycles. The molecule has 176 valence electrons. The molecule has 0 bridgehead atoms. The van der Waals surface area contributed by atoms with Crippen LogP contribution in [0.3, 0.4) is 0 Å². The Morgan fingerprint density at radius 3 is 1.47 bits per heavy atom. The summed E-state index contributed by atoms with van der Waals surface area (Å²) in [6.45, 7) is 0. The first-order valence-electron chi connectivity index (χ1n) is 9.79. The number of hydrogen-bond acceptors (Lipinski definition) is 6. The van der Waals surface area contributed by atoms with Gasteiger partial charge in [-0.2, -0.15) is 0 Å². The molecule has 0 saturated heterocycles. The second-order valence-electron chi connectivity index (χ2n) is 7.33. The van der Waals surface area contributed by atoms with Crippen molar-refractivity contribution >= 4 is 20.0 Å². The van der Waals surface area contributed by atoms with Crippen molar-refractivity contribution in [2.75, 3.05) is 14.2 Å². The third-order valence-electron chi connectivity index (χ3n) is 5.21. The van der Waals surface area contributed by atoms with Crippen molar-refractivity contribution in [2.45, 2.75) is 47.6 Å². The molecule has 0 amide bonds. The molecule has 1 fully saturated rings. The largest absolute Gasteiger partial charge is 0.495 e. The summed E-state index contributed by atoms with van der Waals surface area (Å²) in [7, 11) is -5.94. The molecule has 2 unspecified atom stereocenters. The van der Waals surface area contributed by atoms with Crippen LogP contribution in [0.2, 0.25) is 0 Å². The lowest BCUT2D eigenvalue weighted by Crippen LogP contribution is -2.53. The Kier molecular flexibility index (Phi) is 7.38. The maximum atomic E-state index is 13.7. The van der Waals surface area contributed by atoms with Crippen LogP contribution in [-0.4, -0.2) is 43.1 Å². The molecule has 1 saturated carbocycles. The molecule has 0 radical (unpaired) electrons. The minimum absolute atomic E-state index is 0.0451. The molecule has 3 rings (SSSR count). The molecule has 0 spiro atoms. The predicted molar refractivity (Wildman–Crippen MR) is 113 cm³/mol. The fraction of sp³-hybridized carbons (Fsp3) is 0.400. The van der Waals surface area contributed by atoms with Gasteiger partial charge in [0, 0.05) is 12.1 Å². The summed E-state index contributed by atoms with van der Waals surface area (Å²) in [5.74, 6) is -1.61. The molecule has 0 heterocycles. The van der Waals surface area contributed by atoms with Gasteiger partial charge in [0.15, 0.2) is 0 Å². The normalized spacial score (nSPS) is 19.5. The highest BCUT2D eigenvalue weighted by molar-refractivity contribution is 7.90. The summed E-state index contributed by atoms with van der Waals surface area (Å²) in [4.78, 5) is -0.780. The van der Waals surface area contributed by atoms with Crippen molar-refractivity contribution < 1.29 is 35.1 Å². The molecule has 32 heavy (non-hydrogen) atoms. The van der Waals surface area contributed by atoms with E-state index in [1.807, 2.05) is 0 Å². The van der Waals surface area contributed by atoms with E-state index in [1.165, 1.54) is 26.4 Å². The number of sulfonamides is 2. The van der Waals surface area contributed by atoms with Gasteiger partial charge >= 0.3 is 0 Å². The number of rotatable bonds is 8. The van der Waals surface area contributed by atoms with Crippen LogP contribution in [0.25, 0.3) is 0 Å². The van der Waals surface area contributed by atoms with E-state index in [0.717, 1.165) is 24.3 Å². The lowest BCUT2D eigenvalue weighted by atomic mass is 9.92. The smallest absolute Gasteiger partial charge is 0.244 e. The van der Waals surface area contributed by atoms with Gasteiger partial charge in [-0.25, -0.2) is 35.1 Å². The summed E-state index contributed by atoms with van der Waals surface area (Å²) < 4.78 is 94.2. The zero-order valence-electron chi connectivity index (χ0n) is 17.5. The Morgan fingerprint density at radius 1 is 0.750 bits per heavy atom. The highest BCUT2D eigenvalue weighted by Crippen LogP contribution is 2.29. The second-order valence-corrected chi connectivity index (χ2v) is 10.7. The van der Waals surface area contributed by atoms with Crippen LogP contribution >= 0.6 is 0 Å². The molecular formula is C20H24F2N2O6S2. The minimum atomic E-state index is -4.23. The van der Waals surface area contributed by atoms with Crippen LogP contribution in [0.5, 0.6) is 11.5 Å². The number of hydrogen-bond donors (Lipinski definition) is 2. The van der Waals surface area contributed by atoms with Gasteiger partial charge in [0.1, 0.15) is 32.9 Å². The van der Waals surface area contributed by atoms with E-state index in [-0.39, 0.29) is 21.3 Å². The maximum Gasteiger partial charge on any atom is 0.244 e. The van der Waals surface area contributed by atoms with Gasteiger partial charge in [0.2, 0.25) is 20.0 Å². The first-order chi connectivity index (χ1) is 15.1. The predicted octanol–water partition coefficient (Wildman–Crippen LogP) is 2.55. The third-order valence-corrected chi connectivity index (χ3v) is 8.23. The fourth-order valence-electron chi connectivity index (χ4n) is 3.66. The summed E-state index contributed by atoms with van der Waals surface area (Å²) in [5, 5.41) is 0. The average Bonchev–Trinajstić information content (AvgIpc) is 2.74. The highest BCUT2D eigenvalue weighted by Gasteiger charge is 2.34. The summed E-state index contributed by atoms with van der Waals surface area (Å²) in [5.41, 5.74) is 0. The Morgan fingerprint density at radius 2 is 1.12 bits per heavy atom.